The van der Waals surface area contributed by atoms with Gasteiger partial charge in [-0.15, -0.1) is 0 Å². The molecule has 4 rings (SSSR count). The number of benzene rings is 3. The van der Waals surface area contributed by atoms with E-state index >= 15 is 0 Å². The largest absolute Gasteiger partial charge is 0.497 e. The lowest BCUT2D eigenvalue weighted by atomic mass is 9.99. The Hall–Kier alpha value is -4.06. The molecule has 0 amide bonds. The summed E-state index contributed by atoms with van der Waals surface area (Å²) in [4.78, 5) is 18.3. The lowest BCUT2D eigenvalue weighted by Gasteiger charge is -2.13. The third-order valence-electron chi connectivity index (χ3n) is 5.32. The normalized spacial score (nSPS) is 12.1. The van der Waals surface area contributed by atoms with Crippen LogP contribution < -0.4 is 15.0 Å². The molecule has 0 saturated carbocycles. The van der Waals surface area contributed by atoms with Crippen molar-refractivity contribution in [3.8, 4) is 17.2 Å². The molecule has 32 heavy (non-hydrogen) atoms. The lowest BCUT2D eigenvalue weighted by Crippen LogP contribution is -2.19. The van der Waals surface area contributed by atoms with Crippen LogP contribution in [-0.2, 0) is 0 Å². The predicted molar refractivity (Wildman–Crippen MR) is 127 cm³/mol. The van der Waals surface area contributed by atoms with E-state index in [1.807, 2.05) is 85.8 Å². The van der Waals surface area contributed by atoms with Crippen LogP contribution in [0.2, 0.25) is 0 Å². The molecule has 0 bridgehead atoms. The third kappa shape index (κ3) is 4.34. The number of para-hydroxylation sites is 1. The summed E-state index contributed by atoms with van der Waals surface area (Å²) in [5, 5.41) is 3.20. The highest BCUT2D eigenvalue weighted by Gasteiger charge is 2.23. The van der Waals surface area contributed by atoms with Crippen molar-refractivity contribution < 1.29 is 9.47 Å². The maximum Gasteiger partial charge on any atom is 0.277 e. The molecular formula is C26H25N3O3. The third-order valence-corrected chi connectivity index (χ3v) is 5.32. The Morgan fingerprint density at radius 3 is 2.06 bits per heavy atom. The molecule has 1 N–H and O–H groups in total. The van der Waals surface area contributed by atoms with Crippen LogP contribution >= 0.6 is 0 Å². The topological polar surface area (TPSA) is 68.6 Å². The molecule has 3 aromatic carbocycles. The monoisotopic (exact) mass is 427 g/mol. The van der Waals surface area contributed by atoms with Crippen LogP contribution in [0.4, 0.5) is 0 Å². The Labute approximate surface area is 186 Å². The van der Waals surface area contributed by atoms with Gasteiger partial charge in [-0.2, -0.15) is 0 Å². The molecule has 0 aliphatic rings. The van der Waals surface area contributed by atoms with E-state index < -0.39 is 6.04 Å². The number of aromatic amines is 1. The Kier molecular flexibility index (Phi) is 6.22. The highest BCUT2D eigenvalue weighted by Crippen LogP contribution is 2.28. The standard InChI is InChI=1S/C26H25N3O3/c1-18-24(26(30)29(28-18)21-7-5-4-6-8-21)25(20-11-15-23(32-3)16-12-20)27-17-19-9-13-22(31-2)14-10-19/h4-17,25,28H,1-3H3. The second kappa shape index (κ2) is 9.39. The van der Waals surface area contributed by atoms with Crippen molar-refractivity contribution in [3.63, 3.8) is 0 Å². The molecule has 0 saturated heterocycles. The van der Waals surface area contributed by atoms with Crippen LogP contribution in [0.25, 0.3) is 5.69 Å². The Balaban J connectivity index is 1.79. The summed E-state index contributed by atoms with van der Waals surface area (Å²) in [5.41, 5.74) is 3.84. The van der Waals surface area contributed by atoms with Gasteiger partial charge in [-0.25, -0.2) is 4.68 Å². The number of rotatable bonds is 7. The smallest absolute Gasteiger partial charge is 0.277 e. The molecule has 0 fully saturated rings. The number of aryl methyl sites for hydroxylation is 1. The summed E-state index contributed by atoms with van der Waals surface area (Å²) in [7, 11) is 3.26. The molecule has 1 unspecified atom stereocenters. The van der Waals surface area contributed by atoms with E-state index in [9.17, 15) is 4.79 Å². The van der Waals surface area contributed by atoms with Crippen molar-refractivity contribution >= 4 is 6.21 Å². The average molecular weight is 428 g/mol. The molecule has 1 aromatic heterocycles. The molecule has 0 spiro atoms. The van der Waals surface area contributed by atoms with Crippen LogP contribution in [-0.4, -0.2) is 30.2 Å². The van der Waals surface area contributed by atoms with Gasteiger partial charge in [0.25, 0.3) is 5.56 Å². The van der Waals surface area contributed by atoms with Gasteiger partial charge in [0, 0.05) is 11.9 Å². The molecule has 162 valence electrons. The SMILES string of the molecule is COc1ccc(C=NC(c2ccc(OC)cc2)c2c(C)[nH]n(-c3ccccc3)c2=O)cc1. The number of nitrogens with one attached hydrogen (secondary N) is 1. The van der Waals surface area contributed by atoms with Crippen molar-refractivity contribution in [2.45, 2.75) is 13.0 Å². The van der Waals surface area contributed by atoms with Crippen LogP contribution in [0.1, 0.15) is 28.4 Å². The molecule has 0 aliphatic heterocycles. The molecule has 6 nitrogen and oxygen atoms in total. The number of nitrogens with zero attached hydrogens (tertiary/aromatic N) is 2. The lowest BCUT2D eigenvalue weighted by molar-refractivity contribution is 0.414. The Morgan fingerprint density at radius 1 is 0.875 bits per heavy atom. The predicted octanol–water partition coefficient (Wildman–Crippen LogP) is 4.70. The van der Waals surface area contributed by atoms with Crippen LogP contribution in [0.15, 0.2) is 88.6 Å². The van der Waals surface area contributed by atoms with Gasteiger partial charge >= 0.3 is 0 Å². The van der Waals surface area contributed by atoms with Gasteiger partial charge in [-0.3, -0.25) is 14.9 Å². The highest BCUT2D eigenvalue weighted by atomic mass is 16.5. The van der Waals surface area contributed by atoms with E-state index in [4.69, 9.17) is 14.5 Å². The van der Waals surface area contributed by atoms with Crippen LogP contribution in [0.5, 0.6) is 11.5 Å². The summed E-state index contributed by atoms with van der Waals surface area (Å²) in [5.74, 6) is 1.53. The number of hydrogen-bond acceptors (Lipinski definition) is 4. The molecular weight excluding hydrogens is 402 g/mol. The van der Waals surface area contributed by atoms with Crippen molar-refractivity contribution in [1.29, 1.82) is 0 Å². The van der Waals surface area contributed by atoms with Crippen molar-refractivity contribution in [3.05, 3.63) is 112 Å². The number of hydrogen-bond donors (Lipinski definition) is 1. The highest BCUT2D eigenvalue weighted by molar-refractivity contribution is 5.80. The van der Waals surface area contributed by atoms with E-state index in [0.717, 1.165) is 34.0 Å². The van der Waals surface area contributed by atoms with Gasteiger partial charge in [0.1, 0.15) is 17.5 Å². The number of ether oxygens (including phenoxy) is 2. The zero-order valence-electron chi connectivity index (χ0n) is 18.3. The summed E-state index contributed by atoms with van der Waals surface area (Å²) in [6, 6.07) is 24.3. The first-order valence-corrected chi connectivity index (χ1v) is 10.3. The number of H-pyrrole nitrogens is 1. The van der Waals surface area contributed by atoms with Crippen molar-refractivity contribution in [2.75, 3.05) is 14.2 Å². The first-order valence-electron chi connectivity index (χ1n) is 10.3. The van der Waals surface area contributed by atoms with Gasteiger partial charge in [-0.05, 0) is 66.6 Å². The van der Waals surface area contributed by atoms with Gasteiger partial charge < -0.3 is 9.47 Å². The van der Waals surface area contributed by atoms with E-state index in [1.54, 1.807) is 25.1 Å². The summed E-state index contributed by atoms with van der Waals surface area (Å²) < 4.78 is 12.1. The van der Waals surface area contributed by atoms with Gasteiger partial charge in [0.2, 0.25) is 0 Å². The fourth-order valence-electron chi connectivity index (χ4n) is 3.60. The van der Waals surface area contributed by atoms with E-state index in [0.29, 0.717) is 5.56 Å². The zero-order valence-corrected chi connectivity index (χ0v) is 18.3. The minimum absolute atomic E-state index is 0.124. The second-order valence-electron chi connectivity index (χ2n) is 7.35. The van der Waals surface area contributed by atoms with E-state index in [1.165, 1.54) is 0 Å². The van der Waals surface area contributed by atoms with Crippen molar-refractivity contribution in [2.24, 2.45) is 4.99 Å². The zero-order chi connectivity index (χ0) is 22.5. The molecule has 6 heteroatoms. The summed E-state index contributed by atoms with van der Waals surface area (Å²) in [6.45, 7) is 1.90. The van der Waals surface area contributed by atoms with Crippen molar-refractivity contribution in [1.82, 2.24) is 9.78 Å². The molecule has 1 atom stereocenters. The maximum atomic E-state index is 13.4. The fraction of sp³-hybridized carbons (Fsp3) is 0.154. The summed E-state index contributed by atoms with van der Waals surface area (Å²) in [6.07, 6.45) is 1.78. The molecule has 4 aromatic rings. The Morgan fingerprint density at radius 2 is 1.47 bits per heavy atom. The minimum Gasteiger partial charge on any atom is -0.497 e. The average Bonchev–Trinajstić information content (AvgIpc) is 3.14. The maximum absolute atomic E-state index is 13.4. The first-order chi connectivity index (χ1) is 15.6. The first kappa shape index (κ1) is 21.2. The molecule has 0 aliphatic carbocycles. The van der Waals surface area contributed by atoms with E-state index in [2.05, 4.69) is 5.10 Å². The van der Waals surface area contributed by atoms with E-state index in [-0.39, 0.29) is 5.56 Å². The van der Waals surface area contributed by atoms with Gasteiger partial charge in [0.05, 0.1) is 25.5 Å². The second-order valence-corrected chi connectivity index (χ2v) is 7.35. The molecule has 1 heterocycles. The van der Waals surface area contributed by atoms with Crippen LogP contribution in [0, 0.1) is 6.92 Å². The van der Waals surface area contributed by atoms with Crippen LogP contribution in [0.3, 0.4) is 0 Å². The van der Waals surface area contributed by atoms with Gasteiger partial charge in [0.15, 0.2) is 0 Å². The Bertz CT molecular complexity index is 1250. The quantitative estimate of drug-likeness (QED) is 0.435. The molecule has 0 radical (unpaired) electrons. The van der Waals surface area contributed by atoms with Gasteiger partial charge in [-0.1, -0.05) is 30.3 Å². The minimum atomic E-state index is -0.475. The number of aromatic nitrogens is 2. The fourth-order valence-corrected chi connectivity index (χ4v) is 3.60. The summed E-state index contributed by atoms with van der Waals surface area (Å²) >= 11 is 0. The number of methoxy groups -OCH3 is 2. The number of aliphatic imine (C=N–C) groups is 1.